The predicted molar refractivity (Wildman–Crippen MR) is 87.8 cm³/mol. The molecule has 22 heavy (non-hydrogen) atoms. The van der Waals surface area contributed by atoms with Gasteiger partial charge in [-0.1, -0.05) is 17.3 Å². The van der Waals surface area contributed by atoms with Crippen LogP contribution in [0.1, 0.15) is 22.6 Å². The van der Waals surface area contributed by atoms with Gasteiger partial charge in [0.1, 0.15) is 0 Å². The van der Waals surface area contributed by atoms with Crippen LogP contribution in [0, 0.1) is 13.8 Å². The predicted octanol–water partition coefficient (Wildman–Crippen LogP) is 2.07. The number of rotatable bonds is 4. The SMILES string of the molecule is Cc1ccc(C)c(N2CCN(Cc3cc(CN)on3)CC2)c1. The minimum absolute atomic E-state index is 0.410. The lowest BCUT2D eigenvalue weighted by molar-refractivity contribution is 0.241. The first kappa shape index (κ1) is 15.1. The molecular weight excluding hydrogens is 276 g/mol. The van der Waals surface area contributed by atoms with E-state index < -0.39 is 0 Å². The summed E-state index contributed by atoms with van der Waals surface area (Å²) in [6.45, 7) is 9.76. The second-order valence-electron chi connectivity index (χ2n) is 6.04. The molecule has 0 bridgehead atoms. The molecule has 2 N–H and O–H groups in total. The molecule has 0 unspecified atom stereocenters. The van der Waals surface area contributed by atoms with Crippen LogP contribution in [0.3, 0.4) is 0 Å². The van der Waals surface area contributed by atoms with Crippen molar-refractivity contribution in [1.82, 2.24) is 10.1 Å². The topological polar surface area (TPSA) is 58.5 Å². The normalized spacial score (nSPS) is 16.2. The lowest BCUT2D eigenvalue weighted by Crippen LogP contribution is -2.46. The van der Waals surface area contributed by atoms with Crippen molar-refractivity contribution in [3.63, 3.8) is 0 Å². The summed E-state index contributed by atoms with van der Waals surface area (Å²) in [5.41, 5.74) is 10.6. The number of nitrogens with two attached hydrogens (primary N) is 1. The Morgan fingerprint density at radius 1 is 1.14 bits per heavy atom. The van der Waals surface area contributed by atoms with E-state index in [-0.39, 0.29) is 0 Å². The zero-order chi connectivity index (χ0) is 15.5. The van der Waals surface area contributed by atoms with Crippen molar-refractivity contribution >= 4 is 5.69 Å². The summed E-state index contributed by atoms with van der Waals surface area (Å²) in [4.78, 5) is 4.90. The molecule has 3 rings (SSSR count). The van der Waals surface area contributed by atoms with Gasteiger partial charge in [0.25, 0.3) is 0 Å². The Labute approximate surface area is 131 Å². The number of nitrogens with zero attached hydrogens (tertiary/aromatic N) is 3. The maximum absolute atomic E-state index is 5.55. The van der Waals surface area contributed by atoms with E-state index in [1.165, 1.54) is 16.8 Å². The van der Waals surface area contributed by atoms with Gasteiger partial charge in [0.15, 0.2) is 5.76 Å². The van der Waals surface area contributed by atoms with Gasteiger partial charge in [-0.3, -0.25) is 4.90 Å². The zero-order valence-electron chi connectivity index (χ0n) is 13.4. The molecular formula is C17H24N4O. The first-order valence-corrected chi connectivity index (χ1v) is 7.85. The molecule has 5 heteroatoms. The maximum atomic E-state index is 5.55. The number of anilines is 1. The summed E-state index contributed by atoms with van der Waals surface area (Å²) < 4.78 is 5.16. The molecule has 0 radical (unpaired) electrons. The third kappa shape index (κ3) is 3.31. The maximum Gasteiger partial charge on any atom is 0.150 e. The monoisotopic (exact) mass is 300 g/mol. The number of hydrogen-bond donors (Lipinski definition) is 1. The highest BCUT2D eigenvalue weighted by molar-refractivity contribution is 5.55. The highest BCUT2D eigenvalue weighted by atomic mass is 16.5. The molecule has 0 amide bonds. The largest absolute Gasteiger partial charge is 0.369 e. The molecule has 1 fully saturated rings. The van der Waals surface area contributed by atoms with Crippen molar-refractivity contribution in [2.24, 2.45) is 5.73 Å². The van der Waals surface area contributed by atoms with Crippen LogP contribution >= 0.6 is 0 Å². The average Bonchev–Trinajstić information content (AvgIpc) is 2.98. The van der Waals surface area contributed by atoms with Crippen LogP contribution in [0.4, 0.5) is 5.69 Å². The Hall–Kier alpha value is -1.85. The highest BCUT2D eigenvalue weighted by Gasteiger charge is 2.19. The molecule has 0 aliphatic carbocycles. The van der Waals surface area contributed by atoms with E-state index in [0.717, 1.165) is 44.2 Å². The van der Waals surface area contributed by atoms with Gasteiger partial charge in [-0.2, -0.15) is 0 Å². The molecule has 1 aliphatic heterocycles. The molecule has 1 saturated heterocycles. The fourth-order valence-electron chi connectivity index (χ4n) is 2.96. The molecule has 0 atom stereocenters. The van der Waals surface area contributed by atoms with E-state index in [4.69, 9.17) is 10.3 Å². The number of aromatic nitrogens is 1. The van der Waals surface area contributed by atoms with Crippen LogP contribution < -0.4 is 10.6 Å². The summed E-state index contributed by atoms with van der Waals surface area (Å²) in [6, 6.07) is 8.63. The minimum Gasteiger partial charge on any atom is -0.369 e. The fourth-order valence-corrected chi connectivity index (χ4v) is 2.96. The molecule has 2 heterocycles. The van der Waals surface area contributed by atoms with Crippen LogP contribution in [0.2, 0.25) is 0 Å². The van der Waals surface area contributed by atoms with Crippen molar-refractivity contribution in [2.45, 2.75) is 26.9 Å². The second kappa shape index (κ2) is 6.50. The Morgan fingerprint density at radius 3 is 2.59 bits per heavy atom. The molecule has 118 valence electrons. The van der Waals surface area contributed by atoms with Gasteiger partial charge in [-0.05, 0) is 31.0 Å². The Balaban J connectivity index is 1.59. The second-order valence-corrected chi connectivity index (χ2v) is 6.04. The summed E-state index contributed by atoms with van der Waals surface area (Å²) in [5.74, 6) is 0.754. The first-order valence-electron chi connectivity index (χ1n) is 7.85. The van der Waals surface area contributed by atoms with E-state index in [9.17, 15) is 0 Å². The van der Waals surface area contributed by atoms with Crippen LogP contribution in [0.15, 0.2) is 28.8 Å². The van der Waals surface area contributed by atoms with Gasteiger partial charge >= 0.3 is 0 Å². The average molecular weight is 300 g/mol. The first-order chi connectivity index (χ1) is 10.7. The van der Waals surface area contributed by atoms with Crippen LogP contribution in [-0.4, -0.2) is 36.2 Å². The number of piperazine rings is 1. The molecule has 0 saturated carbocycles. The van der Waals surface area contributed by atoms with Crippen molar-refractivity contribution < 1.29 is 4.52 Å². The van der Waals surface area contributed by atoms with Gasteiger partial charge in [0.05, 0.1) is 12.2 Å². The van der Waals surface area contributed by atoms with E-state index in [0.29, 0.717) is 6.54 Å². The molecule has 1 aromatic heterocycles. The van der Waals surface area contributed by atoms with Gasteiger partial charge < -0.3 is 15.2 Å². The van der Waals surface area contributed by atoms with Crippen LogP contribution in [0.5, 0.6) is 0 Å². The van der Waals surface area contributed by atoms with Crippen molar-refractivity contribution in [3.05, 3.63) is 46.8 Å². The number of benzene rings is 1. The van der Waals surface area contributed by atoms with E-state index in [2.05, 4.69) is 47.0 Å². The molecule has 5 nitrogen and oxygen atoms in total. The standard InChI is InChI=1S/C17H24N4O/c1-13-3-4-14(2)17(9-13)21-7-5-20(6-8-21)12-15-10-16(11-18)22-19-15/h3-4,9-10H,5-8,11-12,18H2,1-2H3. The fraction of sp³-hybridized carbons (Fsp3) is 0.471. The molecule has 1 aromatic carbocycles. The van der Waals surface area contributed by atoms with Gasteiger partial charge in [0, 0.05) is 44.5 Å². The lowest BCUT2D eigenvalue weighted by atomic mass is 10.1. The van der Waals surface area contributed by atoms with Gasteiger partial charge in [-0.15, -0.1) is 0 Å². The van der Waals surface area contributed by atoms with E-state index >= 15 is 0 Å². The van der Waals surface area contributed by atoms with Crippen molar-refractivity contribution in [2.75, 3.05) is 31.1 Å². The Kier molecular flexibility index (Phi) is 4.45. The smallest absolute Gasteiger partial charge is 0.150 e. The van der Waals surface area contributed by atoms with Gasteiger partial charge in [-0.25, -0.2) is 0 Å². The van der Waals surface area contributed by atoms with Crippen molar-refractivity contribution in [3.8, 4) is 0 Å². The molecule has 0 spiro atoms. The third-order valence-electron chi connectivity index (χ3n) is 4.27. The zero-order valence-corrected chi connectivity index (χ0v) is 13.4. The summed E-state index contributed by atoms with van der Waals surface area (Å²) in [6.07, 6.45) is 0. The van der Waals surface area contributed by atoms with Gasteiger partial charge in [0.2, 0.25) is 0 Å². The molecule has 2 aromatic rings. The third-order valence-corrected chi connectivity index (χ3v) is 4.27. The van der Waals surface area contributed by atoms with Crippen LogP contribution in [0.25, 0.3) is 0 Å². The Bertz CT molecular complexity index is 629. The van der Waals surface area contributed by atoms with E-state index in [1.807, 2.05) is 6.07 Å². The van der Waals surface area contributed by atoms with E-state index in [1.54, 1.807) is 0 Å². The van der Waals surface area contributed by atoms with Crippen molar-refractivity contribution in [1.29, 1.82) is 0 Å². The minimum atomic E-state index is 0.410. The quantitative estimate of drug-likeness (QED) is 0.937. The Morgan fingerprint density at radius 2 is 1.91 bits per heavy atom. The molecule has 1 aliphatic rings. The summed E-state index contributed by atoms with van der Waals surface area (Å²) in [7, 11) is 0. The number of aryl methyl sites for hydroxylation is 2. The number of hydrogen-bond acceptors (Lipinski definition) is 5. The highest BCUT2D eigenvalue weighted by Crippen LogP contribution is 2.23. The summed E-state index contributed by atoms with van der Waals surface area (Å²) in [5, 5.41) is 4.07. The summed E-state index contributed by atoms with van der Waals surface area (Å²) >= 11 is 0. The van der Waals surface area contributed by atoms with Crippen LogP contribution in [-0.2, 0) is 13.1 Å². The lowest BCUT2D eigenvalue weighted by Gasteiger charge is -2.36.